The summed E-state index contributed by atoms with van der Waals surface area (Å²) in [6.07, 6.45) is 2.00. The normalized spacial score (nSPS) is 3.60. The molecule has 0 atom stereocenters. The predicted octanol–water partition coefficient (Wildman–Crippen LogP) is 1.23. The van der Waals surface area contributed by atoms with E-state index in [1.54, 1.807) is 0 Å². The second-order valence-electron chi connectivity index (χ2n) is 0.577. The Morgan fingerprint density at radius 3 is 1.20 bits per heavy atom. The van der Waals surface area contributed by atoms with E-state index in [0.29, 0.717) is 0 Å². The van der Waals surface area contributed by atoms with Crippen molar-refractivity contribution in [3.05, 3.63) is 6.42 Å². The molecule has 0 aromatic carbocycles. The Morgan fingerprint density at radius 1 is 1.20 bits per heavy atom. The van der Waals surface area contributed by atoms with Crippen LogP contribution in [0.4, 0.5) is 0 Å². The zero-order chi connectivity index (χ0) is 2.71. The molecule has 5 heavy (non-hydrogen) atoms. The van der Waals surface area contributed by atoms with Crippen molar-refractivity contribution in [2.45, 2.75) is 13.8 Å². The summed E-state index contributed by atoms with van der Waals surface area (Å²) in [5.74, 6) is 0. The van der Waals surface area contributed by atoms with E-state index in [4.69, 9.17) is 0 Å². The molecule has 0 nitrogen and oxygen atoms in total. The molecule has 0 unspecified atom stereocenters. The third-order valence-corrected chi connectivity index (χ3v) is 0. The molecule has 0 spiro atoms. The predicted molar refractivity (Wildman–Crippen MR) is 15.6 cm³/mol. The first-order valence-corrected chi connectivity index (χ1v) is 1.15. The minimum atomic E-state index is 0. The van der Waals surface area contributed by atoms with E-state index >= 15 is 0 Å². The fourth-order valence-electron chi connectivity index (χ4n) is 0. The smallest absolute Gasteiger partial charge is 0 e. The van der Waals surface area contributed by atoms with Gasteiger partial charge in [-0.2, -0.15) is 13.8 Å². The average molecular weight is 370 g/mol. The Labute approximate surface area is 82.7 Å². The topological polar surface area (TPSA) is 0 Å². The molecule has 0 amide bonds. The van der Waals surface area contributed by atoms with E-state index in [1.165, 1.54) is 0 Å². The van der Waals surface area contributed by atoms with Gasteiger partial charge in [0.1, 0.15) is 0 Å². The van der Waals surface area contributed by atoms with E-state index in [-0.39, 0.29) is 63.8 Å². The molecule has 0 saturated heterocycles. The summed E-state index contributed by atoms with van der Waals surface area (Å²) in [5.41, 5.74) is 0. The van der Waals surface area contributed by atoms with Gasteiger partial charge >= 0.3 is 0 Å². The minimum absolute atomic E-state index is 0. The Hall–Kier alpha value is 2.16. The van der Waals surface area contributed by atoms with Crippen LogP contribution in [0.2, 0.25) is 0 Å². The van der Waals surface area contributed by atoms with Crippen LogP contribution < -0.4 is 0 Å². The zero-order valence-corrected chi connectivity index (χ0v) is 10.7. The molecular weight excluding hydrogens is 363 g/mol. The molecule has 0 aliphatic carbocycles. The van der Waals surface area contributed by atoms with Gasteiger partial charge in [0.25, 0.3) is 0 Å². The summed E-state index contributed by atoms with van der Waals surface area (Å²) in [4.78, 5) is 0. The largest absolute Gasteiger partial charge is 0.335 e. The summed E-state index contributed by atoms with van der Waals surface area (Å²) >= 11 is 0. The third kappa shape index (κ3) is 22.9. The van der Waals surface area contributed by atoms with Crippen molar-refractivity contribution < 1.29 is 63.8 Å². The van der Waals surface area contributed by atoms with Crippen LogP contribution in [0.3, 0.4) is 0 Å². The standard InChI is InChI=1S/C3H7.U.Y/c1-3-2;;/h3H,1-2H3;;/q-1;;. The van der Waals surface area contributed by atoms with E-state index < -0.39 is 0 Å². The van der Waals surface area contributed by atoms with Gasteiger partial charge in [0, 0.05) is 63.8 Å². The van der Waals surface area contributed by atoms with E-state index in [2.05, 4.69) is 0 Å². The summed E-state index contributed by atoms with van der Waals surface area (Å²) in [5, 5.41) is 0. The second kappa shape index (κ2) is 16.4. The van der Waals surface area contributed by atoms with Gasteiger partial charge in [-0.15, -0.1) is 0 Å². The van der Waals surface area contributed by atoms with Gasteiger partial charge in [0.15, 0.2) is 0 Å². The fraction of sp³-hybridized carbons (Fsp3) is 0.667. The van der Waals surface area contributed by atoms with Crippen molar-refractivity contribution in [2.75, 3.05) is 0 Å². The Bertz CT molecular complexity index is 6.85. The van der Waals surface area contributed by atoms with Crippen LogP contribution in [0, 0.1) is 37.5 Å². The molecule has 0 N–H and O–H groups in total. The first-order chi connectivity index (χ1) is 1.41. The van der Waals surface area contributed by atoms with Gasteiger partial charge in [-0.3, -0.25) is 0 Å². The van der Waals surface area contributed by atoms with E-state index in [1.807, 2.05) is 20.3 Å². The molecule has 1 radical (unpaired) electrons. The monoisotopic (exact) mass is 370 g/mol. The maximum Gasteiger partial charge on any atom is 0 e. The Balaban J connectivity index is -0.0000000200. The Morgan fingerprint density at radius 2 is 1.20 bits per heavy atom. The van der Waals surface area contributed by atoms with Gasteiger partial charge < -0.3 is 6.42 Å². The molecule has 0 fully saturated rings. The van der Waals surface area contributed by atoms with Crippen LogP contribution in [0.15, 0.2) is 0 Å². The molecule has 0 heterocycles. The van der Waals surface area contributed by atoms with Crippen LogP contribution in [0.25, 0.3) is 0 Å². The van der Waals surface area contributed by atoms with Crippen LogP contribution in [0.5, 0.6) is 0 Å². The van der Waals surface area contributed by atoms with Crippen molar-refractivity contribution in [3.8, 4) is 0 Å². The van der Waals surface area contributed by atoms with Crippen LogP contribution in [0.1, 0.15) is 13.8 Å². The third-order valence-electron chi connectivity index (χ3n) is 0. The molecular formula is C3H7UY-. The molecule has 0 rings (SSSR count). The molecule has 2 heteroatoms. The van der Waals surface area contributed by atoms with Gasteiger partial charge in [0.2, 0.25) is 0 Å². The minimum Gasteiger partial charge on any atom is -0.335 e. The molecule has 0 aromatic heterocycles. The maximum atomic E-state index is 2.00. The molecule has 0 aromatic rings. The summed E-state index contributed by atoms with van der Waals surface area (Å²) in [6.45, 7) is 4.00. The summed E-state index contributed by atoms with van der Waals surface area (Å²) < 4.78 is 0. The van der Waals surface area contributed by atoms with E-state index in [9.17, 15) is 0 Å². The number of hydrogen-bond acceptors (Lipinski definition) is 0. The van der Waals surface area contributed by atoms with Crippen molar-refractivity contribution in [1.29, 1.82) is 0 Å². The van der Waals surface area contributed by atoms with Crippen molar-refractivity contribution in [3.63, 3.8) is 0 Å². The zero-order valence-electron chi connectivity index (χ0n) is 3.65. The quantitative estimate of drug-likeness (QED) is 0.563. The average Bonchev–Trinajstić information content (AvgIpc) is 0.918. The van der Waals surface area contributed by atoms with Crippen LogP contribution >= 0.6 is 0 Å². The number of hydrogen-bond donors (Lipinski definition) is 0. The van der Waals surface area contributed by atoms with Crippen molar-refractivity contribution in [2.24, 2.45) is 0 Å². The van der Waals surface area contributed by atoms with Gasteiger partial charge in [-0.05, 0) is 0 Å². The molecule has 0 saturated carbocycles. The maximum absolute atomic E-state index is 2.00. The molecule has 0 bridgehead atoms. The molecule has 0 aliphatic rings. The van der Waals surface area contributed by atoms with Crippen LogP contribution in [-0.2, 0) is 32.7 Å². The second-order valence-corrected chi connectivity index (χ2v) is 0.577. The Kier molecular flexibility index (Phi) is 51.6. The van der Waals surface area contributed by atoms with Crippen molar-refractivity contribution >= 4 is 0 Å². The summed E-state index contributed by atoms with van der Waals surface area (Å²) in [7, 11) is 0. The molecule has 0 aliphatic heterocycles. The number of rotatable bonds is 0. The van der Waals surface area contributed by atoms with Gasteiger partial charge in [-0.25, -0.2) is 0 Å². The first-order valence-electron chi connectivity index (χ1n) is 1.15. The summed E-state index contributed by atoms with van der Waals surface area (Å²) in [6, 6.07) is 0. The first kappa shape index (κ1) is 15.7. The van der Waals surface area contributed by atoms with Crippen molar-refractivity contribution in [1.82, 2.24) is 0 Å². The fourth-order valence-corrected chi connectivity index (χ4v) is 0. The van der Waals surface area contributed by atoms with E-state index in [0.717, 1.165) is 0 Å². The van der Waals surface area contributed by atoms with Gasteiger partial charge in [0.05, 0.1) is 0 Å². The van der Waals surface area contributed by atoms with Gasteiger partial charge in [-0.1, -0.05) is 0 Å². The molecule has 27 valence electrons. The SMILES string of the molecule is C[CH-]C.[U].[Y]. The van der Waals surface area contributed by atoms with Crippen LogP contribution in [-0.4, -0.2) is 0 Å².